The summed E-state index contributed by atoms with van der Waals surface area (Å²) in [4.78, 5) is 6.40. The molecule has 8 nitrogen and oxygen atoms in total. The molecular weight excluding hydrogens is 394 g/mol. The average molecular weight is 413 g/mol. The molecule has 9 heteroatoms. The highest BCUT2D eigenvalue weighted by Gasteiger charge is 2.28. The second-order valence-corrected chi connectivity index (χ2v) is 8.03. The molecule has 0 aliphatic carbocycles. The Morgan fingerprint density at radius 3 is 2.41 bits per heavy atom. The first-order valence-electron chi connectivity index (χ1n) is 8.62. The molecule has 3 aromatic rings. The third-order valence-corrected chi connectivity index (χ3v) is 5.63. The van der Waals surface area contributed by atoms with Crippen molar-refractivity contribution in [3.05, 3.63) is 60.6 Å². The molecule has 0 spiro atoms. The third-order valence-electron chi connectivity index (χ3n) is 4.70. The SMILES string of the molecule is C=C1Oc2cnc3cc(OC)c(OC)cc3c2N1Cc1ccc(S(N)(=O)=O)cc1. The molecule has 0 fully saturated rings. The van der Waals surface area contributed by atoms with E-state index in [-0.39, 0.29) is 4.90 Å². The van der Waals surface area contributed by atoms with Crippen LogP contribution in [0.15, 0.2) is 60.0 Å². The highest BCUT2D eigenvalue weighted by molar-refractivity contribution is 7.89. The van der Waals surface area contributed by atoms with Gasteiger partial charge < -0.3 is 19.1 Å². The minimum atomic E-state index is -3.74. The lowest BCUT2D eigenvalue weighted by atomic mass is 10.1. The molecule has 29 heavy (non-hydrogen) atoms. The van der Waals surface area contributed by atoms with Crippen LogP contribution in [0.1, 0.15) is 5.56 Å². The van der Waals surface area contributed by atoms with Crippen LogP contribution >= 0.6 is 0 Å². The van der Waals surface area contributed by atoms with Gasteiger partial charge in [0.25, 0.3) is 0 Å². The fourth-order valence-corrected chi connectivity index (χ4v) is 3.80. The molecule has 0 atom stereocenters. The monoisotopic (exact) mass is 413 g/mol. The number of hydrogen-bond donors (Lipinski definition) is 1. The van der Waals surface area contributed by atoms with E-state index >= 15 is 0 Å². The number of fused-ring (bicyclic) bond motifs is 3. The first-order valence-corrected chi connectivity index (χ1v) is 10.2. The summed E-state index contributed by atoms with van der Waals surface area (Å²) in [5.74, 6) is 2.18. The van der Waals surface area contributed by atoms with Crippen LogP contribution in [0.5, 0.6) is 17.2 Å². The van der Waals surface area contributed by atoms with E-state index in [4.69, 9.17) is 19.3 Å². The maximum absolute atomic E-state index is 11.5. The van der Waals surface area contributed by atoms with Crippen LogP contribution in [-0.2, 0) is 16.6 Å². The van der Waals surface area contributed by atoms with Crippen molar-refractivity contribution in [3.63, 3.8) is 0 Å². The standard InChI is InChI=1S/C20H19N3O5S/c1-12-23(11-13-4-6-14(7-5-13)29(21,24)25)20-15-8-17(26-2)18(27-3)9-16(15)22-10-19(20)28-12/h4-10H,1,11H2,2-3H3,(H2,21,24,25). The minimum absolute atomic E-state index is 0.0598. The summed E-state index contributed by atoms with van der Waals surface area (Å²) in [6.07, 6.45) is 1.64. The lowest BCUT2D eigenvalue weighted by Crippen LogP contribution is -2.19. The van der Waals surface area contributed by atoms with Gasteiger partial charge in [0.15, 0.2) is 23.1 Å². The number of hydrogen-bond acceptors (Lipinski definition) is 7. The number of rotatable bonds is 5. The fourth-order valence-electron chi connectivity index (χ4n) is 3.28. The van der Waals surface area contributed by atoms with Crippen LogP contribution in [-0.4, -0.2) is 27.6 Å². The van der Waals surface area contributed by atoms with Gasteiger partial charge in [-0.25, -0.2) is 13.6 Å². The molecule has 2 heterocycles. The van der Waals surface area contributed by atoms with E-state index in [0.717, 1.165) is 16.6 Å². The largest absolute Gasteiger partial charge is 0.493 e. The Hall–Kier alpha value is -3.30. The second-order valence-electron chi connectivity index (χ2n) is 6.47. The number of nitrogens with zero attached hydrogens (tertiary/aromatic N) is 2. The predicted octanol–water partition coefficient (Wildman–Crippen LogP) is 2.77. The molecular formula is C20H19N3O5S. The van der Waals surface area contributed by atoms with Crippen molar-refractivity contribution in [1.82, 2.24) is 4.98 Å². The smallest absolute Gasteiger partial charge is 0.238 e. The van der Waals surface area contributed by atoms with Gasteiger partial charge in [0.05, 0.1) is 43.1 Å². The molecule has 1 aliphatic rings. The molecule has 1 aliphatic heterocycles. The van der Waals surface area contributed by atoms with Crippen LogP contribution in [0.25, 0.3) is 10.9 Å². The molecule has 0 saturated carbocycles. The van der Waals surface area contributed by atoms with Gasteiger partial charge in [-0.05, 0) is 30.3 Å². The summed E-state index contributed by atoms with van der Waals surface area (Å²) in [6, 6.07) is 10.0. The first kappa shape index (κ1) is 19.0. The van der Waals surface area contributed by atoms with Crippen LogP contribution in [0.4, 0.5) is 5.69 Å². The van der Waals surface area contributed by atoms with Gasteiger partial charge in [-0.1, -0.05) is 12.1 Å². The van der Waals surface area contributed by atoms with E-state index < -0.39 is 10.0 Å². The van der Waals surface area contributed by atoms with Crippen LogP contribution < -0.4 is 24.2 Å². The van der Waals surface area contributed by atoms with Gasteiger partial charge in [0, 0.05) is 11.5 Å². The summed E-state index contributed by atoms with van der Waals surface area (Å²) >= 11 is 0. The zero-order valence-electron chi connectivity index (χ0n) is 15.9. The van der Waals surface area contributed by atoms with Crippen molar-refractivity contribution in [2.24, 2.45) is 5.14 Å². The van der Waals surface area contributed by atoms with Crippen LogP contribution in [0, 0.1) is 0 Å². The molecule has 4 rings (SSSR count). The summed E-state index contributed by atoms with van der Waals surface area (Å²) in [7, 11) is -0.600. The van der Waals surface area contributed by atoms with Gasteiger partial charge in [-0.2, -0.15) is 0 Å². The Morgan fingerprint density at radius 1 is 1.14 bits per heavy atom. The molecule has 0 radical (unpaired) electrons. The lowest BCUT2D eigenvalue weighted by Gasteiger charge is -2.19. The number of methoxy groups -OCH3 is 2. The summed E-state index contributed by atoms with van der Waals surface area (Å²) in [5.41, 5.74) is 2.38. The van der Waals surface area contributed by atoms with Gasteiger partial charge in [0.1, 0.15) is 0 Å². The van der Waals surface area contributed by atoms with E-state index in [1.165, 1.54) is 12.1 Å². The number of ether oxygens (including phenoxy) is 3. The quantitative estimate of drug-likeness (QED) is 0.686. The maximum atomic E-state index is 11.5. The number of sulfonamides is 1. The number of anilines is 1. The molecule has 0 saturated heterocycles. The molecule has 2 aromatic carbocycles. The Morgan fingerprint density at radius 2 is 1.79 bits per heavy atom. The van der Waals surface area contributed by atoms with Crippen molar-refractivity contribution in [1.29, 1.82) is 0 Å². The predicted molar refractivity (Wildman–Crippen MR) is 109 cm³/mol. The number of primary sulfonamides is 1. The van der Waals surface area contributed by atoms with Gasteiger partial charge in [0.2, 0.25) is 10.0 Å². The van der Waals surface area contributed by atoms with Gasteiger partial charge in [-0.15, -0.1) is 0 Å². The van der Waals surface area contributed by atoms with Crippen LogP contribution in [0.3, 0.4) is 0 Å². The Kier molecular flexibility index (Phi) is 4.56. The lowest BCUT2D eigenvalue weighted by molar-refractivity contribution is 0.356. The summed E-state index contributed by atoms with van der Waals surface area (Å²) in [6.45, 7) is 4.41. The molecule has 2 N–H and O–H groups in total. The molecule has 0 unspecified atom stereocenters. The Balaban J connectivity index is 1.78. The third kappa shape index (κ3) is 3.34. The second kappa shape index (κ2) is 6.94. The highest BCUT2D eigenvalue weighted by Crippen LogP contribution is 2.46. The zero-order chi connectivity index (χ0) is 20.8. The normalized spacial score (nSPS) is 13.3. The van der Waals surface area contributed by atoms with Crippen molar-refractivity contribution in [2.75, 3.05) is 19.1 Å². The van der Waals surface area contributed by atoms with Crippen molar-refractivity contribution < 1.29 is 22.6 Å². The van der Waals surface area contributed by atoms with Crippen molar-refractivity contribution in [2.45, 2.75) is 11.4 Å². The molecule has 1 aromatic heterocycles. The average Bonchev–Trinajstić information content (AvgIpc) is 3.02. The van der Waals surface area contributed by atoms with E-state index in [0.29, 0.717) is 35.2 Å². The Bertz CT molecular complexity index is 1220. The maximum Gasteiger partial charge on any atom is 0.238 e. The highest BCUT2D eigenvalue weighted by atomic mass is 32.2. The van der Waals surface area contributed by atoms with Crippen molar-refractivity contribution >= 4 is 26.6 Å². The minimum Gasteiger partial charge on any atom is -0.493 e. The number of pyridine rings is 1. The van der Waals surface area contributed by atoms with Gasteiger partial charge in [-0.3, -0.25) is 4.98 Å². The molecule has 0 bridgehead atoms. The number of nitrogens with two attached hydrogens (primary N) is 1. The van der Waals surface area contributed by atoms with Crippen molar-refractivity contribution in [3.8, 4) is 17.2 Å². The van der Waals surface area contributed by atoms with E-state index in [9.17, 15) is 8.42 Å². The zero-order valence-corrected chi connectivity index (χ0v) is 16.7. The fraction of sp³-hybridized carbons (Fsp3) is 0.150. The summed E-state index contributed by atoms with van der Waals surface area (Å²) in [5, 5.41) is 5.99. The van der Waals surface area contributed by atoms with Crippen LogP contribution in [0.2, 0.25) is 0 Å². The summed E-state index contributed by atoms with van der Waals surface area (Å²) < 4.78 is 39.5. The molecule has 0 amide bonds. The first-order chi connectivity index (χ1) is 13.8. The van der Waals surface area contributed by atoms with Gasteiger partial charge >= 0.3 is 0 Å². The van der Waals surface area contributed by atoms with E-state index in [2.05, 4.69) is 11.6 Å². The number of benzene rings is 2. The molecule has 150 valence electrons. The topological polar surface area (TPSA) is 104 Å². The van der Waals surface area contributed by atoms with E-state index in [1.807, 2.05) is 11.0 Å². The number of aromatic nitrogens is 1. The van der Waals surface area contributed by atoms with E-state index in [1.54, 1.807) is 38.6 Å². The Labute approximate surface area is 168 Å².